The molecule has 37 heavy (non-hydrogen) atoms. The summed E-state index contributed by atoms with van der Waals surface area (Å²) in [6.07, 6.45) is -0.0256. The smallest absolute Gasteiger partial charge is 0.389 e. The summed E-state index contributed by atoms with van der Waals surface area (Å²) in [6, 6.07) is 0.849. The summed E-state index contributed by atoms with van der Waals surface area (Å²) >= 11 is 0.712. The minimum Gasteiger partial charge on any atom is -0.389 e. The molecular formula is C25H32F3N5O3S. The molecule has 1 saturated heterocycles. The van der Waals surface area contributed by atoms with E-state index in [4.69, 9.17) is 0 Å². The lowest BCUT2D eigenvalue weighted by atomic mass is 10.1. The Morgan fingerprint density at radius 1 is 1.27 bits per heavy atom. The van der Waals surface area contributed by atoms with Crippen molar-refractivity contribution in [3.63, 3.8) is 0 Å². The SMILES string of the molecule is C[C@H](Nc1cc(C(F)(F)F)c(-c2sc(C(=O)NCC(C)(C)O)nc2C(=O)N2CCC[C@H]2C)cn1)C1CC1. The summed E-state index contributed by atoms with van der Waals surface area (Å²) < 4.78 is 42.8. The molecule has 3 heterocycles. The highest BCUT2D eigenvalue weighted by Gasteiger charge is 2.39. The van der Waals surface area contributed by atoms with Crippen LogP contribution in [0.15, 0.2) is 12.3 Å². The molecule has 0 bridgehead atoms. The normalized spacial score (nSPS) is 19.1. The summed E-state index contributed by atoms with van der Waals surface area (Å²) in [5.74, 6) is -0.687. The molecule has 0 unspecified atom stereocenters. The van der Waals surface area contributed by atoms with Crippen molar-refractivity contribution in [3.8, 4) is 10.4 Å². The molecule has 1 saturated carbocycles. The fourth-order valence-corrected chi connectivity index (χ4v) is 5.38. The summed E-state index contributed by atoms with van der Waals surface area (Å²) in [6.45, 7) is 7.16. The van der Waals surface area contributed by atoms with Crippen molar-refractivity contribution in [1.82, 2.24) is 20.2 Å². The van der Waals surface area contributed by atoms with Gasteiger partial charge in [0.1, 0.15) is 11.5 Å². The van der Waals surface area contributed by atoms with E-state index in [1.54, 1.807) is 4.90 Å². The predicted molar refractivity (Wildman–Crippen MR) is 135 cm³/mol. The molecule has 4 rings (SSSR count). The third-order valence-corrected chi connectivity index (χ3v) is 7.77. The minimum absolute atomic E-state index is 0.0114. The van der Waals surface area contributed by atoms with Crippen molar-refractivity contribution in [2.45, 2.75) is 77.2 Å². The molecule has 8 nitrogen and oxygen atoms in total. The van der Waals surface area contributed by atoms with Gasteiger partial charge in [-0.2, -0.15) is 13.2 Å². The molecule has 3 N–H and O–H groups in total. The standard InChI is InChI=1S/C25H32F3N5O3S/c1-13-6-5-9-33(13)23(35)19-20(37-22(32-19)21(34)30-12-24(3,4)36)16-11-29-18(10-17(16)25(26,27)28)31-14(2)15-7-8-15/h10-11,13-15,36H,5-9,12H2,1-4H3,(H,29,31)(H,30,34)/t13-,14+/m1/s1. The number of hydrogen-bond acceptors (Lipinski definition) is 7. The fraction of sp³-hybridized carbons (Fsp3) is 0.600. The van der Waals surface area contributed by atoms with Gasteiger partial charge in [-0.1, -0.05) is 0 Å². The molecule has 0 aromatic carbocycles. The first-order valence-electron chi connectivity index (χ1n) is 12.4. The number of hydrogen-bond donors (Lipinski definition) is 3. The number of carbonyl (C=O) groups is 2. The zero-order chi connectivity index (χ0) is 27.1. The number of nitrogens with one attached hydrogen (secondary N) is 2. The van der Waals surface area contributed by atoms with Gasteiger partial charge in [-0.25, -0.2) is 9.97 Å². The Morgan fingerprint density at radius 2 is 1.97 bits per heavy atom. The molecule has 0 spiro atoms. The number of rotatable bonds is 8. The molecule has 1 aliphatic heterocycles. The number of halogens is 3. The zero-order valence-corrected chi connectivity index (χ0v) is 22.1. The van der Waals surface area contributed by atoms with Crippen LogP contribution < -0.4 is 10.6 Å². The Balaban J connectivity index is 1.76. The molecule has 12 heteroatoms. The van der Waals surface area contributed by atoms with E-state index < -0.39 is 29.2 Å². The van der Waals surface area contributed by atoms with Gasteiger partial charge in [0, 0.05) is 36.9 Å². The Bertz CT molecular complexity index is 1170. The van der Waals surface area contributed by atoms with Gasteiger partial charge in [0.2, 0.25) is 0 Å². The molecule has 2 aromatic rings. The maximum absolute atomic E-state index is 14.3. The van der Waals surface area contributed by atoms with Crippen molar-refractivity contribution in [2.75, 3.05) is 18.4 Å². The van der Waals surface area contributed by atoms with E-state index in [0.29, 0.717) is 23.8 Å². The van der Waals surface area contributed by atoms with Crippen LogP contribution >= 0.6 is 11.3 Å². The number of nitrogens with zero attached hydrogens (tertiary/aromatic N) is 3. The van der Waals surface area contributed by atoms with Crippen LogP contribution in [0.25, 0.3) is 10.4 Å². The van der Waals surface area contributed by atoms with Gasteiger partial charge >= 0.3 is 6.18 Å². The Kier molecular flexibility index (Phi) is 7.53. The molecule has 2 aromatic heterocycles. The first-order valence-corrected chi connectivity index (χ1v) is 13.2. The highest BCUT2D eigenvalue weighted by atomic mass is 32.1. The molecule has 0 radical (unpaired) electrons. The third-order valence-electron chi connectivity index (χ3n) is 6.68. The number of aliphatic hydroxyl groups is 1. The molecular weight excluding hydrogens is 507 g/mol. The molecule has 2 atom stereocenters. The van der Waals surface area contributed by atoms with E-state index in [2.05, 4.69) is 20.6 Å². The average molecular weight is 540 g/mol. The van der Waals surface area contributed by atoms with E-state index in [1.165, 1.54) is 13.8 Å². The van der Waals surface area contributed by atoms with Crippen molar-refractivity contribution in [3.05, 3.63) is 28.5 Å². The number of pyridine rings is 1. The van der Waals surface area contributed by atoms with Crippen LogP contribution in [0, 0.1) is 5.92 Å². The quantitative estimate of drug-likeness (QED) is 0.454. The van der Waals surface area contributed by atoms with Crippen LogP contribution in [-0.2, 0) is 6.18 Å². The average Bonchev–Trinajstić information content (AvgIpc) is 3.43. The van der Waals surface area contributed by atoms with Gasteiger partial charge in [-0.05, 0) is 65.4 Å². The number of aromatic nitrogens is 2. The maximum atomic E-state index is 14.3. The van der Waals surface area contributed by atoms with Crippen molar-refractivity contribution in [2.24, 2.45) is 5.92 Å². The number of amides is 2. The highest BCUT2D eigenvalue weighted by Crippen LogP contribution is 2.42. The van der Waals surface area contributed by atoms with Crippen LogP contribution in [0.4, 0.5) is 19.0 Å². The molecule has 2 fully saturated rings. The topological polar surface area (TPSA) is 107 Å². The second-order valence-corrected chi connectivity index (χ2v) is 11.6. The van der Waals surface area contributed by atoms with E-state index in [-0.39, 0.29) is 45.6 Å². The van der Waals surface area contributed by atoms with Gasteiger partial charge in [-0.15, -0.1) is 11.3 Å². The van der Waals surface area contributed by atoms with Gasteiger partial charge in [0.15, 0.2) is 5.01 Å². The van der Waals surface area contributed by atoms with Crippen molar-refractivity contribution in [1.29, 1.82) is 0 Å². The molecule has 202 valence electrons. The zero-order valence-electron chi connectivity index (χ0n) is 21.3. The molecule has 2 aliphatic rings. The van der Waals surface area contributed by atoms with E-state index in [9.17, 15) is 27.9 Å². The Morgan fingerprint density at radius 3 is 2.54 bits per heavy atom. The summed E-state index contributed by atoms with van der Waals surface area (Å²) in [4.78, 5) is 36.2. The maximum Gasteiger partial charge on any atom is 0.417 e. The second kappa shape index (κ2) is 10.2. The monoisotopic (exact) mass is 539 g/mol. The lowest BCUT2D eigenvalue weighted by molar-refractivity contribution is -0.137. The Hall–Kier alpha value is -2.73. The second-order valence-electron chi connectivity index (χ2n) is 10.6. The number of carbonyl (C=O) groups excluding carboxylic acids is 2. The van der Waals surface area contributed by atoms with Crippen molar-refractivity contribution < 1.29 is 27.9 Å². The predicted octanol–water partition coefficient (Wildman–Crippen LogP) is 4.56. The number of alkyl halides is 3. The first-order chi connectivity index (χ1) is 17.2. The summed E-state index contributed by atoms with van der Waals surface area (Å²) in [5, 5.41) is 15.4. The molecule has 1 aliphatic carbocycles. The van der Waals surface area contributed by atoms with Gasteiger partial charge in [-0.3, -0.25) is 9.59 Å². The highest BCUT2D eigenvalue weighted by molar-refractivity contribution is 7.17. The Labute approximate surface area is 217 Å². The largest absolute Gasteiger partial charge is 0.417 e. The van der Waals surface area contributed by atoms with Crippen LogP contribution in [0.1, 0.15) is 79.2 Å². The molecule has 2 amide bonds. The van der Waals surface area contributed by atoms with Gasteiger partial charge in [0.25, 0.3) is 11.8 Å². The third kappa shape index (κ3) is 6.40. The first kappa shape index (κ1) is 27.3. The van der Waals surface area contributed by atoms with Crippen LogP contribution in [0.3, 0.4) is 0 Å². The van der Waals surface area contributed by atoms with Crippen LogP contribution in [-0.4, -0.2) is 62.6 Å². The fourth-order valence-electron chi connectivity index (χ4n) is 4.39. The number of anilines is 1. The van der Waals surface area contributed by atoms with E-state index in [1.807, 2.05) is 13.8 Å². The van der Waals surface area contributed by atoms with Crippen LogP contribution in [0.5, 0.6) is 0 Å². The van der Waals surface area contributed by atoms with E-state index in [0.717, 1.165) is 37.9 Å². The van der Waals surface area contributed by atoms with E-state index >= 15 is 0 Å². The van der Waals surface area contributed by atoms with Gasteiger partial charge < -0.3 is 20.6 Å². The lowest BCUT2D eigenvalue weighted by Gasteiger charge is -2.21. The van der Waals surface area contributed by atoms with Crippen LogP contribution in [0.2, 0.25) is 0 Å². The number of thiazole rings is 1. The van der Waals surface area contributed by atoms with Crippen molar-refractivity contribution >= 4 is 29.0 Å². The number of likely N-dealkylation sites (tertiary alicyclic amines) is 1. The minimum atomic E-state index is -4.73. The van der Waals surface area contributed by atoms with Gasteiger partial charge in [0.05, 0.1) is 16.0 Å². The summed E-state index contributed by atoms with van der Waals surface area (Å²) in [7, 11) is 0. The lowest BCUT2D eigenvalue weighted by Crippen LogP contribution is -2.38. The summed E-state index contributed by atoms with van der Waals surface area (Å²) in [5.41, 5.74) is -2.66.